The van der Waals surface area contributed by atoms with Gasteiger partial charge in [0.15, 0.2) is 0 Å². The predicted octanol–water partition coefficient (Wildman–Crippen LogP) is 2.60. The molecule has 1 saturated heterocycles. The van der Waals surface area contributed by atoms with Crippen LogP contribution in [0, 0.1) is 5.92 Å². The molecule has 0 spiro atoms. The van der Waals surface area contributed by atoms with Gasteiger partial charge in [-0.15, -0.1) is 0 Å². The Hall–Kier alpha value is -1.83. The zero-order valence-electron chi connectivity index (χ0n) is 11.0. The highest BCUT2D eigenvalue weighted by Crippen LogP contribution is 2.30. The summed E-state index contributed by atoms with van der Waals surface area (Å²) < 4.78 is 48.2. The third-order valence-corrected chi connectivity index (χ3v) is 3.18. The molecule has 1 N–H and O–H groups in total. The van der Waals surface area contributed by atoms with Crippen LogP contribution in [0.1, 0.15) is 28.9 Å². The Labute approximate surface area is 118 Å². The van der Waals surface area contributed by atoms with Crippen LogP contribution in [-0.4, -0.2) is 35.9 Å². The first kappa shape index (κ1) is 15.6. The summed E-state index contributed by atoms with van der Waals surface area (Å²) in [6.07, 6.45) is -3.20. The third-order valence-electron chi connectivity index (χ3n) is 3.18. The zero-order chi connectivity index (χ0) is 15.5. The van der Waals surface area contributed by atoms with E-state index in [4.69, 9.17) is 14.6 Å². The second-order valence-corrected chi connectivity index (χ2v) is 4.72. The van der Waals surface area contributed by atoms with Gasteiger partial charge in [0.1, 0.15) is 11.3 Å². The highest BCUT2D eigenvalue weighted by molar-refractivity contribution is 5.90. The predicted molar refractivity (Wildman–Crippen MR) is 65.2 cm³/mol. The summed E-state index contributed by atoms with van der Waals surface area (Å²) in [4.78, 5) is 14.3. The average Bonchev–Trinajstić information content (AvgIpc) is 2.45. The molecule has 21 heavy (non-hydrogen) atoms. The smallest absolute Gasteiger partial charge is 0.433 e. The van der Waals surface area contributed by atoms with Crippen molar-refractivity contribution in [1.29, 1.82) is 0 Å². The number of rotatable bonds is 4. The number of nitrogens with zero attached hydrogens (tertiary/aromatic N) is 1. The largest absolute Gasteiger partial charge is 0.477 e. The van der Waals surface area contributed by atoms with Crippen LogP contribution in [0.2, 0.25) is 0 Å². The van der Waals surface area contributed by atoms with E-state index in [0.717, 1.165) is 18.9 Å². The van der Waals surface area contributed by atoms with Gasteiger partial charge in [-0.25, -0.2) is 9.78 Å². The van der Waals surface area contributed by atoms with Crippen molar-refractivity contribution in [3.05, 3.63) is 23.4 Å². The molecule has 0 aromatic carbocycles. The molecule has 0 atom stereocenters. The molecule has 0 radical (unpaired) electrons. The summed E-state index contributed by atoms with van der Waals surface area (Å²) in [5.41, 5.74) is -1.55. The van der Waals surface area contributed by atoms with Gasteiger partial charge < -0.3 is 14.6 Å². The Balaban J connectivity index is 2.16. The lowest BCUT2D eigenvalue weighted by atomic mass is 10.0. The number of halogens is 3. The van der Waals surface area contributed by atoms with E-state index >= 15 is 0 Å². The van der Waals surface area contributed by atoms with E-state index in [9.17, 15) is 18.0 Å². The van der Waals surface area contributed by atoms with Crippen molar-refractivity contribution in [1.82, 2.24) is 4.98 Å². The number of hydrogen-bond acceptors (Lipinski definition) is 4. The van der Waals surface area contributed by atoms with Gasteiger partial charge >= 0.3 is 12.1 Å². The van der Waals surface area contributed by atoms with Crippen LogP contribution >= 0.6 is 0 Å². The summed E-state index contributed by atoms with van der Waals surface area (Å²) >= 11 is 0. The Kier molecular flexibility index (Phi) is 4.66. The molecule has 1 aliphatic heterocycles. The van der Waals surface area contributed by atoms with Crippen molar-refractivity contribution >= 4 is 5.97 Å². The van der Waals surface area contributed by atoms with Gasteiger partial charge in [-0.05, 0) is 30.9 Å². The van der Waals surface area contributed by atoms with Gasteiger partial charge in [-0.1, -0.05) is 0 Å². The molecule has 0 aliphatic carbocycles. The summed E-state index contributed by atoms with van der Waals surface area (Å²) in [5.74, 6) is -1.75. The lowest BCUT2D eigenvalue weighted by Gasteiger charge is -2.22. The number of pyridine rings is 1. The standard InChI is InChI=1S/C13H14F3NO4/c14-13(15,16)10-2-1-9(12(18)19)11(17-10)21-7-8-3-5-20-6-4-8/h1-2,8H,3-7H2,(H,18,19). The second kappa shape index (κ2) is 6.30. The van der Waals surface area contributed by atoms with E-state index in [-0.39, 0.29) is 18.1 Å². The van der Waals surface area contributed by atoms with Crippen molar-refractivity contribution in [2.24, 2.45) is 5.92 Å². The molecule has 0 amide bonds. The quantitative estimate of drug-likeness (QED) is 0.926. The van der Waals surface area contributed by atoms with E-state index in [1.54, 1.807) is 0 Å². The Morgan fingerprint density at radius 1 is 1.38 bits per heavy atom. The summed E-state index contributed by atoms with van der Waals surface area (Å²) in [5, 5.41) is 8.98. The molecule has 8 heteroatoms. The number of alkyl halides is 3. The van der Waals surface area contributed by atoms with E-state index in [0.29, 0.717) is 19.3 Å². The number of carboxylic acids is 1. The molecule has 2 rings (SSSR count). The highest BCUT2D eigenvalue weighted by atomic mass is 19.4. The molecule has 0 unspecified atom stereocenters. The normalized spacial score (nSPS) is 16.7. The van der Waals surface area contributed by atoms with Crippen molar-refractivity contribution < 1.29 is 32.5 Å². The van der Waals surface area contributed by atoms with E-state index in [1.807, 2.05) is 0 Å². The van der Waals surface area contributed by atoms with Gasteiger partial charge in [0.25, 0.3) is 0 Å². The minimum Gasteiger partial charge on any atom is -0.477 e. The molecule has 0 bridgehead atoms. The number of aromatic carboxylic acids is 1. The average molecular weight is 305 g/mol. The number of carboxylic acid groups (broad SMARTS) is 1. The van der Waals surface area contributed by atoms with Gasteiger partial charge in [0.05, 0.1) is 6.61 Å². The molecule has 1 aromatic rings. The maximum absolute atomic E-state index is 12.6. The SMILES string of the molecule is O=C(O)c1ccc(C(F)(F)F)nc1OCC1CCOCC1. The molecule has 2 heterocycles. The number of ether oxygens (including phenoxy) is 2. The monoisotopic (exact) mass is 305 g/mol. The third kappa shape index (κ3) is 4.07. The maximum Gasteiger partial charge on any atom is 0.433 e. The molecule has 5 nitrogen and oxygen atoms in total. The molecular formula is C13H14F3NO4. The van der Waals surface area contributed by atoms with E-state index < -0.39 is 23.7 Å². The van der Waals surface area contributed by atoms with Crippen LogP contribution in [0.5, 0.6) is 5.88 Å². The number of aromatic nitrogens is 1. The fourth-order valence-electron chi connectivity index (χ4n) is 1.98. The van der Waals surface area contributed by atoms with E-state index in [1.165, 1.54) is 0 Å². The van der Waals surface area contributed by atoms with Crippen molar-refractivity contribution in [2.45, 2.75) is 19.0 Å². The number of hydrogen-bond donors (Lipinski definition) is 1. The Morgan fingerprint density at radius 2 is 2.05 bits per heavy atom. The zero-order valence-corrected chi connectivity index (χ0v) is 11.0. The van der Waals surface area contributed by atoms with Gasteiger partial charge in [0.2, 0.25) is 5.88 Å². The van der Waals surface area contributed by atoms with Gasteiger partial charge in [0, 0.05) is 13.2 Å². The lowest BCUT2D eigenvalue weighted by molar-refractivity contribution is -0.141. The molecular weight excluding hydrogens is 291 g/mol. The van der Waals surface area contributed by atoms with Gasteiger partial charge in [-0.2, -0.15) is 13.2 Å². The van der Waals surface area contributed by atoms with Crippen LogP contribution < -0.4 is 4.74 Å². The molecule has 116 valence electrons. The molecule has 1 fully saturated rings. The summed E-state index contributed by atoms with van der Waals surface area (Å²) in [6.45, 7) is 1.25. The second-order valence-electron chi connectivity index (χ2n) is 4.72. The minimum atomic E-state index is -4.65. The molecule has 1 aliphatic rings. The fraction of sp³-hybridized carbons (Fsp3) is 0.538. The van der Waals surface area contributed by atoms with Crippen molar-refractivity contribution in [3.8, 4) is 5.88 Å². The summed E-state index contributed by atoms with van der Waals surface area (Å²) in [6, 6.07) is 1.49. The topological polar surface area (TPSA) is 68.7 Å². The summed E-state index contributed by atoms with van der Waals surface area (Å²) in [7, 11) is 0. The molecule has 0 saturated carbocycles. The highest BCUT2D eigenvalue weighted by Gasteiger charge is 2.34. The van der Waals surface area contributed by atoms with Crippen LogP contribution in [0.25, 0.3) is 0 Å². The van der Waals surface area contributed by atoms with Gasteiger partial charge in [-0.3, -0.25) is 0 Å². The van der Waals surface area contributed by atoms with Crippen LogP contribution in [0.3, 0.4) is 0 Å². The first-order valence-electron chi connectivity index (χ1n) is 6.40. The Bertz CT molecular complexity index is 513. The molecule has 1 aromatic heterocycles. The van der Waals surface area contributed by atoms with Crippen LogP contribution in [-0.2, 0) is 10.9 Å². The van der Waals surface area contributed by atoms with Crippen LogP contribution in [0.4, 0.5) is 13.2 Å². The van der Waals surface area contributed by atoms with Crippen LogP contribution in [0.15, 0.2) is 12.1 Å². The fourth-order valence-corrected chi connectivity index (χ4v) is 1.98. The first-order chi connectivity index (χ1) is 9.88. The maximum atomic E-state index is 12.6. The Morgan fingerprint density at radius 3 is 2.62 bits per heavy atom. The van der Waals surface area contributed by atoms with E-state index in [2.05, 4.69) is 4.98 Å². The van der Waals surface area contributed by atoms with Crippen molar-refractivity contribution in [2.75, 3.05) is 19.8 Å². The number of carbonyl (C=O) groups is 1. The minimum absolute atomic E-state index is 0.122. The lowest BCUT2D eigenvalue weighted by Crippen LogP contribution is -2.22. The first-order valence-corrected chi connectivity index (χ1v) is 6.40. The van der Waals surface area contributed by atoms with Crippen molar-refractivity contribution in [3.63, 3.8) is 0 Å².